The van der Waals surface area contributed by atoms with Crippen molar-refractivity contribution in [3.05, 3.63) is 29.4 Å². The van der Waals surface area contributed by atoms with E-state index in [2.05, 4.69) is 25.4 Å². The summed E-state index contributed by atoms with van der Waals surface area (Å²) >= 11 is 0. The topological polar surface area (TPSA) is 99.9 Å². The van der Waals surface area contributed by atoms with Gasteiger partial charge in [0.1, 0.15) is 6.04 Å². The van der Waals surface area contributed by atoms with Crippen LogP contribution in [0.5, 0.6) is 0 Å². The highest BCUT2D eigenvalue weighted by Gasteiger charge is 2.31. The summed E-state index contributed by atoms with van der Waals surface area (Å²) in [6.45, 7) is 1.33. The van der Waals surface area contributed by atoms with E-state index in [9.17, 15) is 4.79 Å². The summed E-state index contributed by atoms with van der Waals surface area (Å²) in [5.74, 6) is 1.89. The summed E-state index contributed by atoms with van der Waals surface area (Å²) in [4.78, 5) is 26.1. The fourth-order valence-electron chi connectivity index (χ4n) is 2.89. The average molecular weight is 316 g/mol. The van der Waals surface area contributed by atoms with Gasteiger partial charge in [-0.15, -0.1) is 0 Å². The van der Waals surface area contributed by atoms with E-state index in [-0.39, 0.29) is 11.9 Å². The molecule has 0 spiro atoms. The number of aromatic amines is 1. The Morgan fingerprint density at radius 3 is 3.17 bits per heavy atom. The van der Waals surface area contributed by atoms with Gasteiger partial charge >= 0.3 is 0 Å². The molecule has 1 amide bonds. The molecule has 1 aliphatic heterocycles. The lowest BCUT2D eigenvalue weighted by Gasteiger charge is -2.26. The fraction of sp³-hybridized carbons (Fsp3) is 0.600. The molecule has 1 atom stereocenters. The van der Waals surface area contributed by atoms with Crippen LogP contribution in [-0.2, 0) is 17.6 Å². The highest BCUT2D eigenvalue weighted by atomic mass is 16.5. The summed E-state index contributed by atoms with van der Waals surface area (Å²) in [5, 5.41) is 7.24. The number of rotatable bonds is 5. The second-order valence-corrected chi connectivity index (χ2v) is 6.24. The van der Waals surface area contributed by atoms with Crippen molar-refractivity contribution in [2.24, 2.45) is 0 Å². The Morgan fingerprint density at radius 1 is 1.48 bits per heavy atom. The maximum absolute atomic E-state index is 12.6. The number of fused-ring (bicyclic) bond motifs is 1. The van der Waals surface area contributed by atoms with Crippen molar-refractivity contribution in [1.29, 1.82) is 0 Å². The molecule has 3 heterocycles. The van der Waals surface area contributed by atoms with Gasteiger partial charge in [-0.3, -0.25) is 4.79 Å². The van der Waals surface area contributed by atoms with Crippen LogP contribution in [0, 0.1) is 0 Å². The second-order valence-electron chi connectivity index (χ2n) is 6.24. The lowest BCUT2D eigenvalue weighted by molar-refractivity contribution is -0.132. The molecule has 1 fully saturated rings. The first kappa shape index (κ1) is 14.4. The highest BCUT2D eigenvalue weighted by Crippen LogP contribution is 2.38. The Hall–Kier alpha value is -2.22. The molecule has 8 nitrogen and oxygen atoms in total. The van der Waals surface area contributed by atoms with Gasteiger partial charge in [0.25, 0.3) is 0 Å². The molecule has 2 aromatic heterocycles. The quantitative estimate of drug-likeness (QED) is 0.836. The zero-order valence-electron chi connectivity index (χ0n) is 13.1. The highest BCUT2D eigenvalue weighted by molar-refractivity contribution is 5.83. The van der Waals surface area contributed by atoms with Gasteiger partial charge in [0, 0.05) is 44.6 Å². The van der Waals surface area contributed by atoms with Gasteiger partial charge in [-0.1, -0.05) is 5.16 Å². The predicted octanol–water partition coefficient (Wildman–Crippen LogP) is 0.558. The van der Waals surface area contributed by atoms with Crippen LogP contribution < -0.4 is 5.32 Å². The van der Waals surface area contributed by atoms with E-state index in [1.807, 2.05) is 0 Å². The Bertz CT molecular complexity index is 704. The van der Waals surface area contributed by atoms with Crippen LogP contribution in [0.2, 0.25) is 0 Å². The summed E-state index contributed by atoms with van der Waals surface area (Å²) in [6, 6.07) is -0.373. The summed E-state index contributed by atoms with van der Waals surface area (Å²) in [6.07, 6.45) is 5.39. The minimum absolute atomic E-state index is 0.0176. The number of nitrogens with one attached hydrogen (secondary N) is 2. The van der Waals surface area contributed by atoms with E-state index in [1.165, 1.54) is 0 Å². The molecule has 122 valence electrons. The fourth-order valence-corrected chi connectivity index (χ4v) is 2.89. The Morgan fingerprint density at radius 2 is 2.35 bits per heavy atom. The van der Waals surface area contributed by atoms with Crippen LogP contribution in [0.4, 0.5) is 0 Å². The van der Waals surface area contributed by atoms with Gasteiger partial charge in [-0.2, -0.15) is 4.98 Å². The number of amides is 1. The van der Waals surface area contributed by atoms with Crippen LogP contribution in [0.15, 0.2) is 10.9 Å². The predicted molar refractivity (Wildman–Crippen MR) is 80.6 cm³/mol. The summed E-state index contributed by atoms with van der Waals surface area (Å²) < 4.78 is 5.24. The molecule has 2 aliphatic rings. The number of imidazole rings is 1. The van der Waals surface area contributed by atoms with E-state index in [1.54, 1.807) is 18.3 Å². The van der Waals surface area contributed by atoms with E-state index >= 15 is 0 Å². The Kier molecular flexibility index (Phi) is 3.60. The van der Waals surface area contributed by atoms with Crippen molar-refractivity contribution in [3.63, 3.8) is 0 Å². The first-order valence-corrected chi connectivity index (χ1v) is 8.05. The number of aromatic nitrogens is 4. The Balaban J connectivity index is 1.37. The molecule has 2 N–H and O–H groups in total. The number of H-pyrrole nitrogens is 1. The summed E-state index contributed by atoms with van der Waals surface area (Å²) in [5.41, 5.74) is 1.85. The molecule has 0 aromatic carbocycles. The molecular formula is C15H20N6O2. The van der Waals surface area contributed by atoms with Crippen molar-refractivity contribution >= 4 is 5.91 Å². The smallest absolute Gasteiger partial charge is 0.245 e. The molecular weight excluding hydrogens is 296 g/mol. The van der Waals surface area contributed by atoms with Crippen molar-refractivity contribution in [2.45, 2.75) is 37.6 Å². The molecule has 0 saturated heterocycles. The van der Waals surface area contributed by atoms with Gasteiger partial charge in [-0.05, 0) is 12.8 Å². The van der Waals surface area contributed by atoms with Gasteiger partial charge in [0.05, 0.1) is 12.0 Å². The van der Waals surface area contributed by atoms with Crippen LogP contribution in [-0.4, -0.2) is 51.1 Å². The van der Waals surface area contributed by atoms with Crippen molar-refractivity contribution in [3.8, 4) is 0 Å². The molecule has 4 rings (SSSR count). The van der Waals surface area contributed by atoms with Crippen LogP contribution in [0.25, 0.3) is 0 Å². The normalized spacial score (nSPS) is 20.3. The first-order valence-electron chi connectivity index (χ1n) is 8.05. The number of carbonyl (C=O) groups is 1. The van der Waals surface area contributed by atoms with E-state index in [4.69, 9.17) is 4.52 Å². The zero-order chi connectivity index (χ0) is 15.8. The number of likely N-dealkylation sites (N-methyl/N-ethyl adjacent to an activating group) is 1. The standard InChI is InChI=1S/C15H20N6O2/c1-21(7-5-11-19-14(23-20-11)9-2-3-9)15(22)13-12-10(4-6-16-13)17-8-18-12/h8-9,13,16H,2-7H2,1H3,(H,17,18). The van der Waals surface area contributed by atoms with Gasteiger partial charge in [0.2, 0.25) is 11.8 Å². The lowest BCUT2D eigenvalue weighted by Crippen LogP contribution is -2.43. The molecule has 0 radical (unpaired) electrons. The van der Waals surface area contributed by atoms with E-state index in [0.717, 1.165) is 43.1 Å². The maximum atomic E-state index is 12.6. The number of hydrogen-bond acceptors (Lipinski definition) is 6. The van der Waals surface area contributed by atoms with Crippen molar-refractivity contribution < 1.29 is 9.32 Å². The van der Waals surface area contributed by atoms with Crippen LogP contribution >= 0.6 is 0 Å². The zero-order valence-corrected chi connectivity index (χ0v) is 13.1. The largest absolute Gasteiger partial charge is 0.348 e. The minimum atomic E-state index is -0.373. The monoisotopic (exact) mass is 316 g/mol. The summed E-state index contributed by atoms with van der Waals surface area (Å²) in [7, 11) is 1.80. The SMILES string of the molecule is CN(CCc1noc(C2CC2)n1)C(=O)C1NCCc2[nH]cnc21. The van der Waals surface area contributed by atoms with E-state index < -0.39 is 0 Å². The molecule has 1 aliphatic carbocycles. The average Bonchev–Trinajstić information content (AvgIpc) is 3.12. The Labute approximate surface area is 133 Å². The third-order valence-electron chi connectivity index (χ3n) is 4.45. The minimum Gasteiger partial charge on any atom is -0.348 e. The van der Waals surface area contributed by atoms with Crippen LogP contribution in [0.1, 0.15) is 47.9 Å². The number of hydrogen-bond donors (Lipinski definition) is 2. The first-order chi connectivity index (χ1) is 11.2. The van der Waals surface area contributed by atoms with Gasteiger partial charge < -0.3 is 19.7 Å². The van der Waals surface area contributed by atoms with Crippen molar-refractivity contribution in [2.75, 3.05) is 20.1 Å². The molecule has 8 heteroatoms. The second kappa shape index (κ2) is 5.77. The number of nitrogens with zero attached hydrogens (tertiary/aromatic N) is 4. The molecule has 1 saturated carbocycles. The molecule has 23 heavy (non-hydrogen) atoms. The molecule has 0 bridgehead atoms. The number of carbonyl (C=O) groups excluding carboxylic acids is 1. The van der Waals surface area contributed by atoms with Crippen LogP contribution in [0.3, 0.4) is 0 Å². The third-order valence-corrected chi connectivity index (χ3v) is 4.45. The third kappa shape index (κ3) is 2.86. The molecule has 2 aromatic rings. The molecule has 1 unspecified atom stereocenters. The maximum Gasteiger partial charge on any atom is 0.245 e. The van der Waals surface area contributed by atoms with Crippen molar-refractivity contribution in [1.82, 2.24) is 30.3 Å². The lowest BCUT2D eigenvalue weighted by atomic mass is 10.0. The van der Waals surface area contributed by atoms with Gasteiger partial charge in [0.15, 0.2) is 5.82 Å². The van der Waals surface area contributed by atoms with E-state index in [0.29, 0.717) is 24.7 Å². The van der Waals surface area contributed by atoms with Gasteiger partial charge in [-0.25, -0.2) is 4.98 Å².